The first-order valence-electron chi connectivity index (χ1n) is 6.58. The number of ether oxygens (including phenoxy) is 1. The van der Waals surface area contributed by atoms with Crippen LogP contribution in [-0.2, 0) is 6.54 Å². The minimum absolute atomic E-state index is 0.112. The minimum Gasteiger partial charge on any atom is -0.504 e. The van der Waals surface area contributed by atoms with Crippen LogP contribution in [0.2, 0.25) is 0 Å². The van der Waals surface area contributed by atoms with Crippen molar-refractivity contribution in [2.24, 2.45) is 0 Å². The van der Waals surface area contributed by atoms with Gasteiger partial charge in [0.15, 0.2) is 11.5 Å². The second-order valence-corrected chi connectivity index (χ2v) is 4.61. The second kappa shape index (κ2) is 6.19. The maximum Gasteiger partial charge on any atom is 0.157 e. The number of hydrogen-bond acceptors (Lipinski definition) is 4. The summed E-state index contributed by atoms with van der Waals surface area (Å²) in [7, 11) is 0. The highest BCUT2D eigenvalue weighted by Crippen LogP contribution is 2.28. The molecule has 0 spiro atoms. The molecule has 20 heavy (non-hydrogen) atoms. The van der Waals surface area contributed by atoms with Crippen LogP contribution in [0, 0.1) is 6.92 Å². The molecule has 0 aliphatic rings. The third kappa shape index (κ3) is 3.35. The number of aryl methyl sites for hydroxylation is 1. The topological polar surface area (TPSA) is 61.7 Å². The highest BCUT2D eigenvalue weighted by molar-refractivity contribution is 5.58. The van der Waals surface area contributed by atoms with Gasteiger partial charge in [0.25, 0.3) is 0 Å². The van der Waals surface area contributed by atoms with Crippen molar-refractivity contribution in [2.75, 3.05) is 11.9 Å². The Morgan fingerprint density at radius 3 is 2.55 bits per heavy atom. The minimum atomic E-state index is -0.113. The van der Waals surface area contributed by atoms with Crippen molar-refractivity contribution in [3.05, 3.63) is 47.5 Å². The van der Waals surface area contributed by atoms with E-state index in [-0.39, 0.29) is 11.5 Å². The molecule has 0 heterocycles. The number of anilines is 1. The Bertz CT molecular complexity index is 596. The molecule has 3 N–H and O–H groups in total. The van der Waals surface area contributed by atoms with Crippen LogP contribution in [0.3, 0.4) is 0 Å². The lowest BCUT2D eigenvalue weighted by Crippen LogP contribution is -2.03. The van der Waals surface area contributed by atoms with Crippen LogP contribution < -0.4 is 10.1 Å². The van der Waals surface area contributed by atoms with Gasteiger partial charge in [-0.1, -0.05) is 12.1 Å². The van der Waals surface area contributed by atoms with E-state index in [0.29, 0.717) is 13.2 Å². The van der Waals surface area contributed by atoms with Crippen molar-refractivity contribution in [1.82, 2.24) is 0 Å². The van der Waals surface area contributed by atoms with Crippen LogP contribution in [0.25, 0.3) is 0 Å². The molecule has 0 unspecified atom stereocenters. The van der Waals surface area contributed by atoms with Crippen molar-refractivity contribution in [3.8, 4) is 17.2 Å². The summed E-state index contributed by atoms with van der Waals surface area (Å²) >= 11 is 0. The lowest BCUT2D eigenvalue weighted by atomic mass is 10.1. The molecular weight excluding hydrogens is 254 g/mol. The smallest absolute Gasteiger partial charge is 0.157 e. The summed E-state index contributed by atoms with van der Waals surface area (Å²) in [5, 5.41) is 22.0. The molecule has 0 amide bonds. The zero-order valence-electron chi connectivity index (χ0n) is 11.7. The van der Waals surface area contributed by atoms with Crippen LogP contribution >= 0.6 is 0 Å². The lowest BCUT2D eigenvalue weighted by Gasteiger charge is -2.13. The van der Waals surface area contributed by atoms with E-state index in [0.717, 1.165) is 22.6 Å². The standard InChI is InChI=1S/C16H19NO3/c1-3-20-16-8-11(2)4-6-13(16)17-10-12-5-7-14(18)15(19)9-12/h4-9,17-19H,3,10H2,1-2H3. The van der Waals surface area contributed by atoms with Crippen molar-refractivity contribution >= 4 is 5.69 Å². The monoisotopic (exact) mass is 273 g/mol. The van der Waals surface area contributed by atoms with E-state index in [1.165, 1.54) is 12.1 Å². The molecule has 106 valence electrons. The molecule has 2 aromatic carbocycles. The van der Waals surface area contributed by atoms with Crippen LogP contribution in [0.4, 0.5) is 5.69 Å². The maximum absolute atomic E-state index is 9.47. The number of nitrogens with one attached hydrogen (secondary N) is 1. The zero-order chi connectivity index (χ0) is 14.5. The first kappa shape index (κ1) is 14.1. The van der Waals surface area contributed by atoms with Gasteiger partial charge in [0.1, 0.15) is 5.75 Å². The van der Waals surface area contributed by atoms with Crippen LogP contribution in [0.15, 0.2) is 36.4 Å². The third-order valence-corrected chi connectivity index (χ3v) is 2.96. The van der Waals surface area contributed by atoms with E-state index in [1.807, 2.05) is 32.0 Å². The van der Waals surface area contributed by atoms with Gasteiger partial charge in [0.05, 0.1) is 12.3 Å². The van der Waals surface area contributed by atoms with E-state index in [1.54, 1.807) is 6.07 Å². The maximum atomic E-state index is 9.47. The highest BCUT2D eigenvalue weighted by Gasteiger charge is 2.05. The molecule has 0 aromatic heterocycles. The molecule has 4 heteroatoms. The van der Waals surface area contributed by atoms with Crippen molar-refractivity contribution < 1.29 is 14.9 Å². The van der Waals surface area contributed by atoms with E-state index >= 15 is 0 Å². The predicted octanol–water partition coefficient (Wildman–Crippen LogP) is 3.42. The van der Waals surface area contributed by atoms with E-state index in [2.05, 4.69) is 5.32 Å². The molecule has 0 aliphatic heterocycles. The number of aromatic hydroxyl groups is 2. The number of phenols is 2. The predicted molar refractivity (Wildman–Crippen MR) is 79.4 cm³/mol. The Morgan fingerprint density at radius 2 is 1.85 bits per heavy atom. The molecule has 2 aromatic rings. The molecular formula is C16H19NO3. The average Bonchev–Trinajstić information content (AvgIpc) is 2.42. The SMILES string of the molecule is CCOc1cc(C)ccc1NCc1ccc(O)c(O)c1. The van der Waals surface area contributed by atoms with E-state index in [4.69, 9.17) is 4.74 Å². The van der Waals surface area contributed by atoms with Gasteiger partial charge in [-0.3, -0.25) is 0 Å². The van der Waals surface area contributed by atoms with Crippen LogP contribution in [0.1, 0.15) is 18.1 Å². The molecule has 0 fully saturated rings. The van der Waals surface area contributed by atoms with Gasteiger partial charge in [-0.2, -0.15) is 0 Å². The van der Waals surface area contributed by atoms with Gasteiger partial charge in [0.2, 0.25) is 0 Å². The first-order valence-corrected chi connectivity index (χ1v) is 6.58. The molecule has 0 saturated heterocycles. The molecule has 0 aliphatic carbocycles. The van der Waals surface area contributed by atoms with E-state index < -0.39 is 0 Å². The summed E-state index contributed by atoms with van der Waals surface area (Å²) in [6, 6.07) is 10.7. The van der Waals surface area contributed by atoms with Gasteiger partial charge in [0, 0.05) is 6.54 Å². The highest BCUT2D eigenvalue weighted by atomic mass is 16.5. The van der Waals surface area contributed by atoms with Crippen molar-refractivity contribution in [1.29, 1.82) is 0 Å². The Labute approximate surface area is 118 Å². The quantitative estimate of drug-likeness (QED) is 0.730. The fraction of sp³-hybridized carbons (Fsp3) is 0.250. The second-order valence-electron chi connectivity index (χ2n) is 4.61. The van der Waals surface area contributed by atoms with E-state index in [9.17, 15) is 10.2 Å². The third-order valence-electron chi connectivity index (χ3n) is 2.96. The van der Waals surface area contributed by atoms with Gasteiger partial charge < -0.3 is 20.3 Å². The Balaban J connectivity index is 2.11. The van der Waals surface area contributed by atoms with Gasteiger partial charge >= 0.3 is 0 Å². The summed E-state index contributed by atoms with van der Waals surface area (Å²) in [6.45, 7) is 5.11. The van der Waals surface area contributed by atoms with Crippen LogP contribution in [0.5, 0.6) is 17.2 Å². The summed E-state index contributed by atoms with van der Waals surface area (Å²) in [5.41, 5.74) is 2.93. The molecule has 0 radical (unpaired) electrons. The molecule has 0 bridgehead atoms. The summed E-state index contributed by atoms with van der Waals surface area (Å²) < 4.78 is 5.60. The summed E-state index contributed by atoms with van der Waals surface area (Å²) in [6.07, 6.45) is 0. The number of hydrogen-bond donors (Lipinski definition) is 3. The van der Waals surface area contributed by atoms with Crippen molar-refractivity contribution in [2.45, 2.75) is 20.4 Å². The largest absolute Gasteiger partial charge is 0.504 e. The fourth-order valence-electron chi connectivity index (χ4n) is 1.93. The molecule has 0 atom stereocenters. The first-order chi connectivity index (χ1) is 9.60. The van der Waals surface area contributed by atoms with Gasteiger partial charge in [-0.15, -0.1) is 0 Å². The Kier molecular flexibility index (Phi) is 4.35. The fourth-order valence-corrected chi connectivity index (χ4v) is 1.93. The molecule has 2 rings (SSSR count). The number of phenolic OH excluding ortho intramolecular Hbond substituents is 2. The Hall–Kier alpha value is -2.36. The number of benzene rings is 2. The average molecular weight is 273 g/mol. The van der Waals surface area contributed by atoms with Gasteiger partial charge in [-0.25, -0.2) is 0 Å². The number of rotatable bonds is 5. The summed E-state index contributed by atoms with van der Waals surface area (Å²) in [5.74, 6) is 0.591. The lowest BCUT2D eigenvalue weighted by molar-refractivity contribution is 0.341. The molecule has 0 saturated carbocycles. The van der Waals surface area contributed by atoms with Crippen LogP contribution in [-0.4, -0.2) is 16.8 Å². The Morgan fingerprint density at radius 1 is 1.05 bits per heavy atom. The summed E-state index contributed by atoms with van der Waals surface area (Å²) in [4.78, 5) is 0. The van der Waals surface area contributed by atoms with Gasteiger partial charge in [-0.05, 0) is 49.2 Å². The van der Waals surface area contributed by atoms with Crippen molar-refractivity contribution in [3.63, 3.8) is 0 Å². The molecule has 4 nitrogen and oxygen atoms in total. The zero-order valence-corrected chi connectivity index (χ0v) is 11.7. The normalized spacial score (nSPS) is 10.3.